The van der Waals surface area contributed by atoms with Crippen molar-refractivity contribution in [2.24, 2.45) is 0 Å². The van der Waals surface area contributed by atoms with Crippen molar-refractivity contribution in [2.45, 2.75) is 34.6 Å². The van der Waals surface area contributed by atoms with Gasteiger partial charge in [0.2, 0.25) is 0 Å². The number of rotatable bonds is 7. The molecule has 0 saturated carbocycles. The van der Waals surface area contributed by atoms with Crippen molar-refractivity contribution in [3.63, 3.8) is 0 Å². The molecule has 0 aliphatic heterocycles. The Labute approximate surface area is 213 Å². The second kappa shape index (κ2) is 15.3. The molecule has 0 bridgehead atoms. The van der Waals surface area contributed by atoms with E-state index in [1.807, 2.05) is 50.3 Å². The van der Waals surface area contributed by atoms with E-state index in [1.54, 1.807) is 57.2 Å². The van der Waals surface area contributed by atoms with Crippen LogP contribution >= 0.6 is 0 Å². The van der Waals surface area contributed by atoms with Gasteiger partial charge in [-0.3, -0.25) is 0 Å². The molecular formula is C30H30N2O4. The smallest absolute Gasteiger partial charge is 0.333 e. The molecule has 0 aliphatic carbocycles. The number of carbonyl (C=O) groups is 2. The number of nitrogens with zero attached hydrogens (tertiary/aromatic N) is 2. The van der Waals surface area contributed by atoms with E-state index in [1.165, 1.54) is 0 Å². The predicted octanol–water partition coefficient (Wildman–Crippen LogP) is 7.82. The third-order valence-electron chi connectivity index (χ3n) is 4.66. The molecule has 0 aliphatic rings. The Morgan fingerprint density at radius 3 is 1.50 bits per heavy atom. The number of allylic oxidation sites excluding steroid dienone is 4. The Bertz CT molecular complexity index is 1260. The minimum Gasteiger partial charge on any atom is -0.478 e. The molecule has 0 aromatic heterocycles. The lowest BCUT2D eigenvalue weighted by Gasteiger charge is -2.02. The SMILES string of the molecule is [C-]#[N+]c1ccc(/C=C(C)/C=C(\C)C(=O)O)cc1.[C-]#[N+]c1ccc(/C=C(C)/C=C(\C)C(=O)OCC)cc1. The first kappa shape index (κ1) is 29.4. The number of carboxylic acids is 1. The molecule has 0 radical (unpaired) electrons. The highest BCUT2D eigenvalue weighted by Crippen LogP contribution is 2.17. The summed E-state index contributed by atoms with van der Waals surface area (Å²) in [6, 6.07) is 14.4. The van der Waals surface area contributed by atoms with E-state index in [0.29, 0.717) is 29.1 Å². The van der Waals surface area contributed by atoms with Crippen LogP contribution in [0.4, 0.5) is 11.4 Å². The number of benzene rings is 2. The van der Waals surface area contributed by atoms with Crippen molar-refractivity contribution >= 4 is 35.5 Å². The van der Waals surface area contributed by atoms with Crippen LogP contribution in [0.5, 0.6) is 0 Å². The number of carbonyl (C=O) groups excluding carboxylic acids is 1. The van der Waals surface area contributed by atoms with Crippen molar-refractivity contribution in [3.8, 4) is 0 Å². The van der Waals surface area contributed by atoms with Crippen LogP contribution in [0.2, 0.25) is 0 Å². The van der Waals surface area contributed by atoms with Crippen LogP contribution in [-0.4, -0.2) is 23.7 Å². The van der Waals surface area contributed by atoms with E-state index in [2.05, 4.69) is 9.69 Å². The molecule has 0 heterocycles. The van der Waals surface area contributed by atoms with Gasteiger partial charge in [-0.15, -0.1) is 0 Å². The van der Waals surface area contributed by atoms with Gasteiger partial charge in [-0.1, -0.05) is 71.8 Å². The van der Waals surface area contributed by atoms with Gasteiger partial charge in [0.05, 0.1) is 19.8 Å². The maximum Gasteiger partial charge on any atom is 0.333 e. The lowest BCUT2D eigenvalue weighted by Crippen LogP contribution is -2.05. The summed E-state index contributed by atoms with van der Waals surface area (Å²) >= 11 is 0. The lowest BCUT2D eigenvalue weighted by atomic mass is 10.1. The highest BCUT2D eigenvalue weighted by Gasteiger charge is 2.04. The zero-order valence-electron chi connectivity index (χ0n) is 21.2. The molecule has 184 valence electrons. The van der Waals surface area contributed by atoms with Gasteiger partial charge in [0, 0.05) is 11.1 Å². The number of aliphatic carboxylic acids is 1. The molecule has 6 heteroatoms. The van der Waals surface area contributed by atoms with Gasteiger partial charge in [-0.25, -0.2) is 19.3 Å². The summed E-state index contributed by atoms with van der Waals surface area (Å²) in [6.07, 6.45) is 7.24. The molecule has 0 spiro atoms. The molecule has 0 saturated heterocycles. The summed E-state index contributed by atoms with van der Waals surface area (Å²) in [5, 5.41) is 8.74. The van der Waals surface area contributed by atoms with Crippen LogP contribution in [0.3, 0.4) is 0 Å². The molecule has 0 atom stereocenters. The van der Waals surface area contributed by atoms with Crippen molar-refractivity contribution in [3.05, 3.63) is 117 Å². The Kier molecular flexibility index (Phi) is 12.4. The van der Waals surface area contributed by atoms with E-state index in [4.69, 9.17) is 23.0 Å². The molecule has 1 N–H and O–H groups in total. The zero-order chi connectivity index (χ0) is 27.1. The summed E-state index contributed by atoms with van der Waals surface area (Å²) in [5.41, 5.74) is 5.86. The van der Waals surface area contributed by atoms with E-state index in [-0.39, 0.29) is 5.97 Å². The molecule has 36 heavy (non-hydrogen) atoms. The fourth-order valence-corrected chi connectivity index (χ4v) is 2.95. The maximum absolute atomic E-state index is 11.5. The molecule has 0 unspecified atom stereocenters. The summed E-state index contributed by atoms with van der Waals surface area (Å²) < 4.78 is 4.92. The average molecular weight is 483 g/mol. The Morgan fingerprint density at radius 1 is 0.778 bits per heavy atom. The molecular weight excluding hydrogens is 452 g/mol. The quantitative estimate of drug-likeness (QED) is 0.189. The van der Waals surface area contributed by atoms with Crippen LogP contribution < -0.4 is 0 Å². The highest BCUT2D eigenvalue weighted by atomic mass is 16.5. The second-order valence-electron chi connectivity index (χ2n) is 7.86. The monoisotopic (exact) mass is 482 g/mol. The lowest BCUT2D eigenvalue weighted by molar-refractivity contribution is -0.138. The van der Waals surface area contributed by atoms with Gasteiger partial charge in [0.1, 0.15) is 0 Å². The summed E-state index contributed by atoms with van der Waals surface area (Å²) in [4.78, 5) is 28.7. The van der Waals surface area contributed by atoms with Crippen molar-refractivity contribution < 1.29 is 19.4 Å². The number of hydrogen-bond donors (Lipinski definition) is 1. The average Bonchev–Trinajstić information content (AvgIpc) is 2.85. The van der Waals surface area contributed by atoms with E-state index in [0.717, 1.165) is 22.3 Å². The van der Waals surface area contributed by atoms with E-state index < -0.39 is 5.97 Å². The molecule has 6 nitrogen and oxygen atoms in total. The van der Waals surface area contributed by atoms with Crippen molar-refractivity contribution in [1.82, 2.24) is 0 Å². The third-order valence-corrected chi connectivity index (χ3v) is 4.66. The number of ether oxygens (including phenoxy) is 1. The normalized spacial score (nSPS) is 12.0. The van der Waals surface area contributed by atoms with Crippen LogP contribution in [-0.2, 0) is 14.3 Å². The molecule has 0 fully saturated rings. The fourth-order valence-electron chi connectivity index (χ4n) is 2.95. The van der Waals surface area contributed by atoms with Gasteiger partial charge in [-0.05, 0) is 57.9 Å². The van der Waals surface area contributed by atoms with Gasteiger partial charge >= 0.3 is 11.9 Å². The minimum atomic E-state index is -0.916. The Hall–Kier alpha value is -4.68. The number of carboxylic acid groups (broad SMARTS) is 1. The number of esters is 1. The first-order valence-corrected chi connectivity index (χ1v) is 11.2. The maximum atomic E-state index is 11.5. The van der Waals surface area contributed by atoms with Crippen molar-refractivity contribution in [1.29, 1.82) is 0 Å². The van der Waals surface area contributed by atoms with E-state index in [9.17, 15) is 9.59 Å². The summed E-state index contributed by atoms with van der Waals surface area (Å²) in [7, 11) is 0. The van der Waals surface area contributed by atoms with Gasteiger partial charge in [0.15, 0.2) is 11.4 Å². The minimum absolute atomic E-state index is 0.293. The van der Waals surface area contributed by atoms with Gasteiger partial charge in [0.25, 0.3) is 0 Å². The fraction of sp³-hybridized carbons (Fsp3) is 0.200. The first-order valence-electron chi connectivity index (χ1n) is 11.2. The predicted molar refractivity (Wildman–Crippen MR) is 144 cm³/mol. The Balaban J connectivity index is 0.000000362. The summed E-state index contributed by atoms with van der Waals surface area (Å²) in [6.45, 7) is 22.9. The molecule has 0 amide bonds. The topological polar surface area (TPSA) is 72.3 Å². The first-order chi connectivity index (χ1) is 17.1. The summed E-state index contributed by atoms with van der Waals surface area (Å²) in [5.74, 6) is -1.21. The Morgan fingerprint density at radius 2 is 1.17 bits per heavy atom. The molecule has 2 rings (SSSR count). The van der Waals surface area contributed by atoms with Crippen LogP contribution in [0.1, 0.15) is 45.7 Å². The van der Waals surface area contributed by atoms with Crippen LogP contribution in [0.25, 0.3) is 21.8 Å². The van der Waals surface area contributed by atoms with Crippen molar-refractivity contribution in [2.75, 3.05) is 6.61 Å². The van der Waals surface area contributed by atoms with Crippen LogP contribution in [0, 0.1) is 13.1 Å². The zero-order valence-corrected chi connectivity index (χ0v) is 21.2. The number of hydrogen-bond acceptors (Lipinski definition) is 3. The highest BCUT2D eigenvalue weighted by molar-refractivity contribution is 5.88. The largest absolute Gasteiger partial charge is 0.478 e. The van der Waals surface area contributed by atoms with Crippen LogP contribution in [0.15, 0.2) is 83.0 Å². The standard InChI is InChI=1S/C16H17NO2.C14H13NO2/c1-5-19-16(18)13(3)10-12(2)11-14-6-8-15(17-4)9-7-14;1-10(8-11(2)14(16)17)9-12-4-6-13(15-3)7-5-12/h6-11H,5H2,1-3H3;4-9H,1-2H3,(H,16,17)/b12-11+,13-10+;10-9+,11-8+. The molecule has 2 aromatic rings. The van der Waals surface area contributed by atoms with E-state index >= 15 is 0 Å². The molecule has 2 aromatic carbocycles. The third kappa shape index (κ3) is 11.0. The van der Waals surface area contributed by atoms with Gasteiger partial charge in [-0.2, -0.15) is 0 Å². The second-order valence-corrected chi connectivity index (χ2v) is 7.86. The van der Waals surface area contributed by atoms with Gasteiger partial charge < -0.3 is 9.84 Å².